The first-order valence-electron chi connectivity index (χ1n) is 11.0. The molecule has 0 spiro atoms. The van der Waals surface area contributed by atoms with E-state index in [9.17, 15) is 9.59 Å². The summed E-state index contributed by atoms with van der Waals surface area (Å²) in [7, 11) is 0. The number of benzene rings is 1. The van der Waals surface area contributed by atoms with Crippen molar-refractivity contribution in [3.05, 3.63) is 35.9 Å². The van der Waals surface area contributed by atoms with Gasteiger partial charge in [0.15, 0.2) is 0 Å². The molecule has 1 aromatic rings. The highest BCUT2D eigenvalue weighted by molar-refractivity contribution is 5.68. The second kappa shape index (κ2) is 10.2. The Morgan fingerprint density at radius 1 is 1.00 bits per heavy atom. The summed E-state index contributed by atoms with van der Waals surface area (Å²) in [4.78, 5) is 26.0. The molecule has 1 aliphatic heterocycles. The minimum Gasteiger partial charge on any atom is -0.445 e. The van der Waals surface area contributed by atoms with E-state index in [1.54, 1.807) is 4.90 Å². The van der Waals surface area contributed by atoms with Gasteiger partial charge in [0.2, 0.25) is 0 Å². The maximum Gasteiger partial charge on any atom is 0.410 e. The fourth-order valence-electron chi connectivity index (χ4n) is 4.08. The van der Waals surface area contributed by atoms with Crippen LogP contribution in [0.2, 0.25) is 0 Å². The van der Waals surface area contributed by atoms with Crippen molar-refractivity contribution in [2.24, 2.45) is 0 Å². The van der Waals surface area contributed by atoms with Gasteiger partial charge in [-0.15, -0.1) is 0 Å². The molecule has 7 heteroatoms. The van der Waals surface area contributed by atoms with Gasteiger partial charge in [-0.05, 0) is 58.4 Å². The molecule has 2 N–H and O–H groups in total. The molecular formula is C23H35N3O4. The van der Waals surface area contributed by atoms with Gasteiger partial charge in [0.1, 0.15) is 12.2 Å². The van der Waals surface area contributed by atoms with Gasteiger partial charge in [0, 0.05) is 31.2 Å². The number of carbonyl (C=O) groups is 2. The summed E-state index contributed by atoms with van der Waals surface area (Å²) in [5.41, 5.74) is 0.524. The molecule has 0 radical (unpaired) electrons. The Hall–Kier alpha value is -2.28. The monoisotopic (exact) mass is 417 g/mol. The van der Waals surface area contributed by atoms with Crippen molar-refractivity contribution in [3.8, 4) is 0 Å². The fraction of sp³-hybridized carbons (Fsp3) is 0.652. The summed E-state index contributed by atoms with van der Waals surface area (Å²) in [5, 5.41) is 6.68. The lowest BCUT2D eigenvalue weighted by atomic mass is 9.90. The lowest BCUT2D eigenvalue weighted by molar-refractivity contribution is 0.0489. The van der Waals surface area contributed by atoms with Crippen LogP contribution >= 0.6 is 0 Å². The van der Waals surface area contributed by atoms with Crippen LogP contribution in [-0.4, -0.2) is 53.9 Å². The number of amides is 2. The molecule has 1 aliphatic carbocycles. The van der Waals surface area contributed by atoms with E-state index >= 15 is 0 Å². The van der Waals surface area contributed by atoms with Gasteiger partial charge in [-0.2, -0.15) is 0 Å². The maximum absolute atomic E-state index is 12.3. The van der Waals surface area contributed by atoms with E-state index in [1.165, 1.54) is 0 Å². The lowest BCUT2D eigenvalue weighted by Gasteiger charge is -2.32. The van der Waals surface area contributed by atoms with E-state index in [1.807, 2.05) is 51.1 Å². The van der Waals surface area contributed by atoms with Crippen LogP contribution in [0, 0.1) is 0 Å². The van der Waals surface area contributed by atoms with E-state index < -0.39 is 5.60 Å². The molecule has 30 heavy (non-hydrogen) atoms. The third-order valence-electron chi connectivity index (χ3n) is 5.57. The van der Waals surface area contributed by atoms with Crippen LogP contribution in [0.15, 0.2) is 30.3 Å². The van der Waals surface area contributed by atoms with Crippen LogP contribution in [-0.2, 0) is 16.1 Å². The zero-order chi connectivity index (χ0) is 21.6. The molecule has 0 aromatic heterocycles. The molecule has 2 amide bonds. The number of carbonyl (C=O) groups excluding carboxylic acids is 2. The zero-order valence-electron chi connectivity index (χ0n) is 18.4. The van der Waals surface area contributed by atoms with Crippen molar-refractivity contribution >= 4 is 12.2 Å². The first-order chi connectivity index (χ1) is 14.3. The highest BCUT2D eigenvalue weighted by atomic mass is 16.6. The molecule has 0 bridgehead atoms. The van der Waals surface area contributed by atoms with Gasteiger partial charge < -0.3 is 25.0 Å². The van der Waals surface area contributed by atoms with Crippen LogP contribution in [0.4, 0.5) is 9.59 Å². The standard InChI is InChI=1S/C23H35N3O4/c1-23(2,3)30-21(27)25-19-11-9-18(10-12-19)24-20-13-14-26(15-20)22(28)29-16-17-7-5-4-6-8-17/h4-8,18-20,24H,9-16H2,1-3H3,(H,25,27). The molecule has 7 nitrogen and oxygen atoms in total. The molecular weight excluding hydrogens is 382 g/mol. The summed E-state index contributed by atoms with van der Waals surface area (Å²) in [6.07, 6.45) is 4.26. The van der Waals surface area contributed by atoms with E-state index in [0.717, 1.165) is 44.2 Å². The minimum atomic E-state index is -0.473. The van der Waals surface area contributed by atoms with Crippen LogP contribution < -0.4 is 10.6 Å². The quantitative estimate of drug-likeness (QED) is 0.761. The average molecular weight is 418 g/mol. The molecule has 1 aromatic carbocycles. The highest BCUT2D eigenvalue weighted by Gasteiger charge is 2.31. The summed E-state index contributed by atoms with van der Waals surface area (Å²) in [6.45, 7) is 7.33. The molecule has 166 valence electrons. The predicted molar refractivity (Wildman–Crippen MR) is 115 cm³/mol. The topological polar surface area (TPSA) is 79.9 Å². The van der Waals surface area contributed by atoms with Gasteiger partial charge in [0.25, 0.3) is 0 Å². The first-order valence-corrected chi connectivity index (χ1v) is 11.0. The van der Waals surface area contributed by atoms with Crippen LogP contribution in [0.1, 0.15) is 58.4 Å². The molecule has 1 heterocycles. The predicted octanol–water partition coefficient (Wildman–Crippen LogP) is 3.82. The number of ether oxygens (including phenoxy) is 2. The van der Waals surface area contributed by atoms with Crippen LogP contribution in [0.3, 0.4) is 0 Å². The Morgan fingerprint density at radius 2 is 1.67 bits per heavy atom. The van der Waals surface area contributed by atoms with Crippen molar-refractivity contribution in [2.75, 3.05) is 13.1 Å². The third kappa shape index (κ3) is 7.20. The minimum absolute atomic E-state index is 0.172. The van der Waals surface area contributed by atoms with Gasteiger partial charge in [-0.1, -0.05) is 30.3 Å². The van der Waals surface area contributed by atoms with Crippen molar-refractivity contribution in [3.63, 3.8) is 0 Å². The Kier molecular flexibility index (Phi) is 7.58. The molecule has 2 aliphatic rings. The maximum atomic E-state index is 12.3. The van der Waals surface area contributed by atoms with E-state index in [2.05, 4.69) is 10.6 Å². The van der Waals surface area contributed by atoms with Crippen LogP contribution in [0.5, 0.6) is 0 Å². The van der Waals surface area contributed by atoms with Crippen molar-refractivity contribution in [1.29, 1.82) is 0 Å². The van der Waals surface area contributed by atoms with Crippen molar-refractivity contribution in [1.82, 2.24) is 15.5 Å². The Bertz CT molecular complexity index is 696. The molecule has 1 atom stereocenters. The average Bonchev–Trinajstić information content (AvgIpc) is 3.15. The SMILES string of the molecule is CC(C)(C)OC(=O)NC1CCC(NC2CCN(C(=O)OCc3ccccc3)C2)CC1. The second-order valence-electron chi connectivity index (χ2n) is 9.33. The number of hydrogen-bond donors (Lipinski definition) is 2. The smallest absolute Gasteiger partial charge is 0.410 e. The van der Waals surface area contributed by atoms with Gasteiger partial charge in [0.05, 0.1) is 0 Å². The summed E-state index contributed by atoms with van der Waals surface area (Å²) >= 11 is 0. The zero-order valence-corrected chi connectivity index (χ0v) is 18.4. The van der Waals surface area contributed by atoms with Gasteiger partial charge >= 0.3 is 12.2 Å². The van der Waals surface area contributed by atoms with Gasteiger partial charge in [-0.25, -0.2) is 9.59 Å². The molecule has 1 unspecified atom stereocenters. The van der Waals surface area contributed by atoms with E-state index in [0.29, 0.717) is 25.2 Å². The summed E-state index contributed by atoms with van der Waals surface area (Å²) in [5.74, 6) is 0. The highest BCUT2D eigenvalue weighted by Crippen LogP contribution is 2.22. The number of alkyl carbamates (subject to hydrolysis) is 1. The molecule has 1 saturated carbocycles. The Labute approximate surface area is 179 Å². The number of nitrogens with one attached hydrogen (secondary N) is 2. The largest absolute Gasteiger partial charge is 0.445 e. The van der Waals surface area contributed by atoms with E-state index in [4.69, 9.17) is 9.47 Å². The number of rotatable bonds is 5. The van der Waals surface area contributed by atoms with Crippen molar-refractivity contribution < 1.29 is 19.1 Å². The molecule has 3 rings (SSSR count). The number of nitrogens with zero attached hydrogens (tertiary/aromatic N) is 1. The number of likely N-dealkylation sites (tertiary alicyclic amines) is 1. The normalized spacial score (nSPS) is 24.4. The second-order valence-corrected chi connectivity index (χ2v) is 9.33. The first kappa shape index (κ1) is 22.4. The molecule has 1 saturated heterocycles. The third-order valence-corrected chi connectivity index (χ3v) is 5.57. The van der Waals surface area contributed by atoms with Crippen molar-refractivity contribution in [2.45, 2.75) is 83.2 Å². The Morgan fingerprint density at radius 3 is 2.33 bits per heavy atom. The van der Waals surface area contributed by atoms with Crippen LogP contribution in [0.25, 0.3) is 0 Å². The molecule has 2 fully saturated rings. The summed E-state index contributed by atoms with van der Waals surface area (Å²) in [6, 6.07) is 10.6. The van der Waals surface area contributed by atoms with E-state index in [-0.39, 0.29) is 18.2 Å². The number of hydrogen-bond acceptors (Lipinski definition) is 5. The Balaban J connectivity index is 1.33. The summed E-state index contributed by atoms with van der Waals surface area (Å²) < 4.78 is 10.8. The lowest BCUT2D eigenvalue weighted by Crippen LogP contribution is -2.46. The van der Waals surface area contributed by atoms with Gasteiger partial charge in [-0.3, -0.25) is 0 Å². The fourth-order valence-corrected chi connectivity index (χ4v) is 4.08.